The van der Waals surface area contributed by atoms with Gasteiger partial charge in [-0.15, -0.1) is 11.3 Å². The van der Waals surface area contributed by atoms with Crippen molar-refractivity contribution in [3.8, 4) is 5.75 Å². The minimum Gasteiger partial charge on any atom is -0.512 e. The molecule has 2 aromatic rings. The maximum absolute atomic E-state index is 10.2. The van der Waals surface area contributed by atoms with Crippen molar-refractivity contribution in [1.82, 2.24) is 5.01 Å². The first-order valence-corrected chi connectivity index (χ1v) is 10.1. The molecule has 5 rings (SSSR count). The quantitative estimate of drug-likeness (QED) is 0.678. The number of hydrogen-bond acceptors (Lipinski definition) is 5. The van der Waals surface area contributed by atoms with Crippen LogP contribution in [0.15, 0.2) is 57.1 Å². The molecule has 0 saturated carbocycles. The van der Waals surface area contributed by atoms with E-state index < -0.39 is 5.72 Å². The molecule has 0 unspecified atom stereocenters. The second-order valence-corrected chi connectivity index (χ2v) is 8.57. The maximum Gasteiger partial charge on any atom is 0.220 e. The molecule has 0 radical (unpaired) electrons. The molecule has 3 heterocycles. The van der Waals surface area contributed by atoms with Gasteiger partial charge in [-0.2, -0.15) is 5.10 Å². The topological polar surface area (TPSA) is 45.1 Å². The van der Waals surface area contributed by atoms with Gasteiger partial charge in [0.2, 0.25) is 5.72 Å². The van der Waals surface area contributed by atoms with Gasteiger partial charge in [-0.1, -0.05) is 22.0 Å². The summed E-state index contributed by atoms with van der Waals surface area (Å²) in [5, 5.41) is 19.3. The first-order chi connectivity index (χ1) is 12.1. The molecule has 2 aliphatic heterocycles. The van der Waals surface area contributed by atoms with E-state index in [4.69, 9.17) is 9.84 Å². The summed E-state index contributed by atoms with van der Waals surface area (Å²) >= 11 is 5.29. The zero-order valence-electron chi connectivity index (χ0n) is 13.5. The van der Waals surface area contributed by atoms with Crippen LogP contribution in [0.2, 0.25) is 0 Å². The second-order valence-electron chi connectivity index (χ2n) is 6.71. The summed E-state index contributed by atoms with van der Waals surface area (Å²) in [6.07, 6.45) is 5.13. The Bertz CT molecular complexity index is 893. The van der Waals surface area contributed by atoms with Crippen LogP contribution in [-0.4, -0.2) is 21.6 Å². The van der Waals surface area contributed by atoms with Crippen LogP contribution in [0.4, 0.5) is 0 Å². The van der Waals surface area contributed by atoms with Crippen molar-refractivity contribution in [2.24, 2.45) is 5.10 Å². The highest BCUT2D eigenvalue weighted by molar-refractivity contribution is 9.10. The molecule has 0 bridgehead atoms. The van der Waals surface area contributed by atoms with Crippen molar-refractivity contribution in [1.29, 1.82) is 0 Å². The van der Waals surface area contributed by atoms with Crippen LogP contribution >= 0.6 is 27.3 Å². The van der Waals surface area contributed by atoms with Gasteiger partial charge in [-0.05, 0) is 36.1 Å². The summed E-state index contributed by atoms with van der Waals surface area (Å²) in [6.45, 7) is 0. The number of aliphatic hydroxyl groups excluding tert-OH is 1. The summed E-state index contributed by atoms with van der Waals surface area (Å²) in [6, 6.07) is 10.4. The normalized spacial score (nSPS) is 27.4. The second kappa shape index (κ2) is 5.61. The lowest BCUT2D eigenvalue weighted by Gasteiger charge is -2.47. The van der Waals surface area contributed by atoms with Crippen molar-refractivity contribution < 1.29 is 9.84 Å². The number of thiophene rings is 1. The van der Waals surface area contributed by atoms with Crippen molar-refractivity contribution in [2.75, 3.05) is 0 Å². The predicted octanol–water partition coefficient (Wildman–Crippen LogP) is 5.38. The van der Waals surface area contributed by atoms with E-state index in [1.807, 2.05) is 18.2 Å². The number of hydrazone groups is 1. The molecule has 0 amide bonds. The minimum atomic E-state index is -0.688. The third-order valence-corrected chi connectivity index (χ3v) is 6.49. The summed E-state index contributed by atoms with van der Waals surface area (Å²) in [7, 11) is 0. The van der Waals surface area contributed by atoms with E-state index in [1.54, 1.807) is 11.3 Å². The molecule has 1 aromatic heterocycles. The zero-order chi connectivity index (χ0) is 17.0. The van der Waals surface area contributed by atoms with E-state index >= 15 is 0 Å². The van der Waals surface area contributed by atoms with Crippen molar-refractivity contribution in [3.63, 3.8) is 0 Å². The largest absolute Gasteiger partial charge is 0.512 e. The molecule has 0 fully saturated rings. The Morgan fingerprint density at radius 3 is 3.08 bits per heavy atom. The first-order valence-electron chi connectivity index (χ1n) is 8.44. The molecule has 1 aliphatic carbocycles. The fraction of sp³-hybridized carbons (Fsp3) is 0.316. The average molecular weight is 417 g/mol. The third kappa shape index (κ3) is 2.42. The Labute approximate surface area is 158 Å². The molecule has 128 valence electrons. The van der Waals surface area contributed by atoms with Gasteiger partial charge in [0.25, 0.3) is 0 Å². The minimum absolute atomic E-state index is 0.125. The monoisotopic (exact) mass is 416 g/mol. The number of hydrogen-bond donors (Lipinski definition) is 1. The van der Waals surface area contributed by atoms with Crippen molar-refractivity contribution >= 4 is 33.0 Å². The molecule has 1 spiro atoms. The van der Waals surface area contributed by atoms with Gasteiger partial charge in [-0.25, -0.2) is 5.01 Å². The Hall–Kier alpha value is -1.79. The van der Waals surface area contributed by atoms with Gasteiger partial charge < -0.3 is 9.84 Å². The third-order valence-electron chi connectivity index (χ3n) is 5.08. The van der Waals surface area contributed by atoms with E-state index in [-0.39, 0.29) is 6.04 Å². The lowest BCUT2D eigenvalue weighted by atomic mass is 9.90. The standard InChI is InChI=1S/C19H17BrN2O2S/c20-12-5-6-17-14(9-12)16-10-15(18-4-2-8-25-18)21-22(16)19(24-17)7-1-3-13(23)11-19/h2,4-6,8-9,11,16,23H,1,3,7,10H2/t16-,19+/m0/s1. The van der Waals surface area contributed by atoms with E-state index in [2.05, 4.69) is 44.5 Å². The fourth-order valence-corrected chi connectivity index (χ4v) is 5.09. The fourth-order valence-electron chi connectivity index (χ4n) is 3.99. The van der Waals surface area contributed by atoms with Crippen LogP contribution in [0, 0.1) is 0 Å². The van der Waals surface area contributed by atoms with E-state index in [0.29, 0.717) is 12.2 Å². The summed E-state index contributed by atoms with van der Waals surface area (Å²) in [4.78, 5) is 1.20. The molecule has 2 atom stereocenters. The number of halogens is 1. The zero-order valence-corrected chi connectivity index (χ0v) is 15.9. The number of rotatable bonds is 1. The van der Waals surface area contributed by atoms with Crippen LogP contribution in [0.1, 0.15) is 42.2 Å². The highest BCUT2D eigenvalue weighted by atomic mass is 79.9. The van der Waals surface area contributed by atoms with Gasteiger partial charge in [0.15, 0.2) is 0 Å². The molecular weight excluding hydrogens is 400 g/mol. The Morgan fingerprint density at radius 2 is 2.28 bits per heavy atom. The van der Waals surface area contributed by atoms with Crippen LogP contribution in [0.25, 0.3) is 0 Å². The van der Waals surface area contributed by atoms with Crippen LogP contribution in [0.5, 0.6) is 5.75 Å². The van der Waals surface area contributed by atoms with Crippen LogP contribution in [0.3, 0.4) is 0 Å². The van der Waals surface area contributed by atoms with Gasteiger partial charge in [0.05, 0.1) is 22.4 Å². The molecule has 0 saturated heterocycles. The highest BCUT2D eigenvalue weighted by Crippen LogP contribution is 2.50. The average Bonchev–Trinajstić information content (AvgIpc) is 3.25. The Kier molecular flexibility index (Phi) is 3.47. The number of allylic oxidation sites excluding steroid dienone is 1. The van der Waals surface area contributed by atoms with E-state index in [9.17, 15) is 5.11 Å². The smallest absolute Gasteiger partial charge is 0.220 e. The maximum atomic E-state index is 10.2. The van der Waals surface area contributed by atoms with Crippen molar-refractivity contribution in [3.05, 3.63) is 62.5 Å². The number of fused-ring (bicyclic) bond motifs is 4. The van der Waals surface area contributed by atoms with E-state index in [1.165, 1.54) is 4.88 Å². The number of aliphatic hydroxyl groups is 1. The summed E-state index contributed by atoms with van der Waals surface area (Å²) in [5.41, 5.74) is 1.55. The Morgan fingerprint density at radius 1 is 1.36 bits per heavy atom. The molecule has 1 aromatic carbocycles. The number of ether oxygens (including phenoxy) is 1. The van der Waals surface area contributed by atoms with Gasteiger partial charge in [0.1, 0.15) is 5.75 Å². The molecule has 4 nitrogen and oxygen atoms in total. The van der Waals surface area contributed by atoms with E-state index in [0.717, 1.165) is 40.8 Å². The van der Waals surface area contributed by atoms with Crippen LogP contribution < -0.4 is 4.74 Å². The lowest BCUT2D eigenvalue weighted by Crippen LogP contribution is -2.53. The molecule has 1 N–H and O–H groups in total. The number of nitrogens with zero attached hydrogens (tertiary/aromatic N) is 2. The van der Waals surface area contributed by atoms with Gasteiger partial charge >= 0.3 is 0 Å². The Balaban J connectivity index is 1.66. The highest BCUT2D eigenvalue weighted by Gasteiger charge is 2.50. The van der Waals surface area contributed by atoms with Crippen LogP contribution in [-0.2, 0) is 0 Å². The van der Waals surface area contributed by atoms with Gasteiger partial charge in [0, 0.05) is 35.4 Å². The molecule has 3 aliphatic rings. The molecule has 6 heteroatoms. The SMILES string of the molecule is OC1=C[C@@]2(CCC1)Oc1ccc(Br)cc1[C@@H]1CC(c3cccs3)=NN12. The predicted molar refractivity (Wildman–Crippen MR) is 102 cm³/mol. The lowest BCUT2D eigenvalue weighted by molar-refractivity contribution is -0.0944. The van der Waals surface area contributed by atoms with Crippen molar-refractivity contribution in [2.45, 2.75) is 37.5 Å². The first kappa shape index (κ1) is 15.5. The summed E-state index contributed by atoms with van der Waals surface area (Å²) in [5.74, 6) is 1.28. The molecule has 25 heavy (non-hydrogen) atoms. The van der Waals surface area contributed by atoms with Gasteiger partial charge in [-0.3, -0.25) is 0 Å². The molecular formula is C19H17BrN2O2S. The summed E-state index contributed by atoms with van der Waals surface area (Å²) < 4.78 is 7.47. The number of benzene rings is 1.